The predicted octanol–water partition coefficient (Wildman–Crippen LogP) is 0.413. The normalized spacial score (nSPS) is 11.6. The van der Waals surface area contributed by atoms with Gasteiger partial charge in [0.05, 0.1) is 27.2 Å². The molecule has 0 N–H and O–H groups in total. The maximum Gasteiger partial charge on any atom is 0.320 e. The number of rotatable bonds is 7. The molecule has 0 aliphatic rings. The summed E-state index contributed by atoms with van der Waals surface area (Å²) in [5.41, 5.74) is 0.332. The van der Waals surface area contributed by atoms with E-state index in [0.717, 1.165) is 14.2 Å². The molecule has 9 heteroatoms. The first kappa shape index (κ1) is 17.3. The molecule has 0 amide bonds. The largest absolute Gasteiger partial charge is 0.481 e. The molecule has 22 heavy (non-hydrogen) atoms. The molecule has 9 nitrogen and oxygen atoms in total. The molecule has 0 aliphatic heterocycles. The van der Waals surface area contributed by atoms with E-state index in [1.54, 1.807) is 0 Å². The predicted molar refractivity (Wildman–Crippen MR) is 72.9 cm³/mol. The van der Waals surface area contributed by atoms with Crippen molar-refractivity contribution in [2.45, 2.75) is 5.92 Å². The summed E-state index contributed by atoms with van der Waals surface area (Å²) in [4.78, 5) is 37.9. The molecule has 1 atom stereocenters. The van der Waals surface area contributed by atoms with E-state index in [1.807, 2.05) is 0 Å². The van der Waals surface area contributed by atoms with Crippen molar-refractivity contribution in [1.29, 1.82) is 0 Å². The Hall–Kier alpha value is -2.71. The van der Waals surface area contributed by atoms with Gasteiger partial charge < -0.3 is 14.2 Å². The number of hydrogen-bond donors (Lipinski definition) is 0. The third-order valence-electron chi connectivity index (χ3n) is 3.05. The van der Waals surface area contributed by atoms with Gasteiger partial charge in [-0.1, -0.05) is 6.07 Å². The summed E-state index contributed by atoms with van der Waals surface area (Å²) in [6, 6.07) is 2.98. The summed E-state index contributed by atoms with van der Waals surface area (Å²) in [5, 5.41) is 10.9. The molecule has 1 unspecified atom stereocenters. The van der Waals surface area contributed by atoms with Gasteiger partial charge in [-0.2, -0.15) is 0 Å². The van der Waals surface area contributed by atoms with Crippen molar-refractivity contribution in [1.82, 2.24) is 4.98 Å². The zero-order valence-corrected chi connectivity index (χ0v) is 12.3. The summed E-state index contributed by atoms with van der Waals surface area (Å²) in [7, 11) is 3.60. The van der Waals surface area contributed by atoms with E-state index in [1.165, 1.54) is 25.4 Å². The molecule has 0 fully saturated rings. The number of carbonyl (C=O) groups excluding carboxylic acids is 2. The molecule has 120 valence electrons. The molecular weight excluding hydrogens is 296 g/mol. The minimum absolute atomic E-state index is 0.302. The van der Waals surface area contributed by atoms with E-state index in [-0.39, 0.29) is 0 Å². The first-order valence-corrected chi connectivity index (χ1v) is 6.22. The van der Waals surface area contributed by atoms with Crippen LogP contribution in [-0.2, 0) is 19.1 Å². The van der Waals surface area contributed by atoms with Crippen molar-refractivity contribution in [3.63, 3.8) is 0 Å². The standard InChI is InChI=1S/C13H16N2O7/c1-20-10-5-4-8(6-14-10)9(7-15(18)19)11(12(16)21-2)13(17)22-3/h4-6,9,11H,7H2,1-3H3. The van der Waals surface area contributed by atoms with Gasteiger partial charge in [-0.15, -0.1) is 0 Å². The summed E-state index contributed by atoms with van der Waals surface area (Å²) in [5.74, 6) is -4.02. The molecule has 1 aromatic heterocycles. The summed E-state index contributed by atoms with van der Waals surface area (Å²) >= 11 is 0. The van der Waals surface area contributed by atoms with Crippen molar-refractivity contribution in [3.8, 4) is 5.88 Å². The molecule has 0 aliphatic carbocycles. The summed E-state index contributed by atoms with van der Waals surface area (Å²) < 4.78 is 14.0. The Bertz CT molecular complexity index is 528. The second-order valence-corrected chi connectivity index (χ2v) is 4.28. The van der Waals surface area contributed by atoms with Crippen LogP contribution in [0.3, 0.4) is 0 Å². The SMILES string of the molecule is COC(=O)C(C(=O)OC)C(C[N+](=O)[O-])c1ccc(OC)nc1. The van der Waals surface area contributed by atoms with Gasteiger partial charge in [0.1, 0.15) is 0 Å². The summed E-state index contributed by atoms with van der Waals surface area (Å²) in [6.07, 6.45) is 1.31. The van der Waals surface area contributed by atoms with Crippen LogP contribution in [0.15, 0.2) is 18.3 Å². The Labute approximate surface area is 126 Å². The fourth-order valence-corrected chi connectivity index (χ4v) is 1.97. The molecule has 1 heterocycles. The van der Waals surface area contributed by atoms with Gasteiger partial charge in [-0.3, -0.25) is 19.7 Å². The minimum Gasteiger partial charge on any atom is -0.481 e. The Morgan fingerprint density at radius 2 is 1.82 bits per heavy atom. The van der Waals surface area contributed by atoms with Gasteiger partial charge in [-0.25, -0.2) is 4.98 Å². The lowest BCUT2D eigenvalue weighted by Gasteiger charge is -2.20. The number of ether oxygens (including phenoxy) is 3. The number of carbonyl (C=O) groups is 2. The highest BCUT2D eigenvalue weighted by atomic mass is 16.6. The first-order valence-electron chi connectivity index (χ1n) is 6.22. The van der Waals surface area contributed by atoms with Crippen LogP contribution in [0.4, 0.5) is 0 Å². The molecule has 0 aromatic carbocycles. The number of methoxy groups -OCH3 is 3. The maximum atomic E-state index is 11.8. The second kappa shape index (κ2) is 7.91. The average molecular weight is 312 g/mol. The van der Waals surface area contributed by atoms with E-state index in [0.29, 0.717) is 11.4 Å². The van der Waals surface area contributed by atoms with Crippen LogP contribution in [0.25, 0.3) is 0 Å². The molecule has 1 aromatic rings. The highest BCUT2D eigenvalue weighted by Gasteiger charge is 2.41. The van der Waals surface area contributed by atoms with Crippen LogP contribution >= 0.6 is 0 Å². The zero-order chi connectivity index (χ0) is 16.7. The fourth-order valence-electron chi connectivity index (χ4n) is 1.97. The van der Waals surface area contributed by atoms with Gasteiger partial charge in [-0.05, 0) is 5.56 Å². The van der Waals surface area contributed by atoms with E-state index in [2.05, 4.69) is 14.5 Å². The topological polar surface area (TPSA) is 118 Å². The first-order chi connectivity index (χ1) is 10.4. The highest BCUT2D eigenvalue weighted by molar-refractivity contribution is 5.96. The van der Waals surface area contributed by atoms with Gasteiger partial charge in [0, 0.05) is 17.2 Å². The molecule has 0 radical (unpaired) electrons. The van der Waals surface area contributed by atoms with Crippen molar-refractivity contribution in [3.05, 3.63) is 34.0 Å². The van der Waals surface area contributed by atoms with Gasteiger partial charge in [0.2, 0.25) is 12.4 Å². The van der Waals surface area contributed by atoms with Crippen LogP contribution in [0.2, 0.25) is 0 Å². The zero-order valence-electron chi connectivity index (χ0n) is 12.3. The lowest BCUT2D eigenvalue weighted by molar-refractivity contribution is -0.484. The molecule has 1 rings (SSSR count). The molecule has 0 saturated carbocycles. The fraction of sp³-hybridized carbons (Fsp3) is 0.462. The molecule has 0 saturated heterocycles. The molecule has 0 spiro atoms. The highest BCUT2D eigenvalue weighted by Crippen LogP contribution is 2.28. The van der Waals surface area contributed by atoms with Gasteiger partial charge in [0.15, 0.2) is 5.92 Å². The monoisotopic (exact) mass is 312 g/mol. The lowest BCUT2D eigenvalue weighted by atomic mass is 9.86. The van der Waals surface area contributed by atoms with Crippen molar-refractivity contribution < 1.29 is 28.7 Å². The smallest absolute Gasteiger partial charge is 0.320 e. The van der Waals surface area contributed by atoms with Gasteiger partial charge >= 0.3 is 11.9 Å². The number of pyridine rings is 1. The van der Waals surface area contributed by atoms with Crippen molar-refractivity contribution in [2.75, 3.05) is 27.9 Å². The Balaban J connectivity index is 3.25. The van der Waals surface area contributed by atoms with Gasteiger partial charge in [0.25, 0.3) is 0 Å². The Kier molecular flexibility index (Phi) is 6.24. The number of nitro groups is 1. The number of aromatic nitrogens is 1. The minimum atomic E-state index is -1.45. The molecular formula is C13H16N2O7. The number of hydrogen-bond acceptors (Lipinski definition) is 8. The Morgan fingerprint density at radius 1 is 1.23 bits per heavy atom. The van der Waals surface area contributed by atoms with Crippen LogP contribution in [0, 0.1) is 16.0 Å². The third kappa shape index (κ3) is 4.14. The van der Waals surface area contributed by atoms with Crippen molar-refractivity contribution in [2.24, 2.45) is 5.92 Å². The van der Waals surface area contributed by atoms with E-state index in [4.69, 9.17) is 4.74 Å². The van der Waals surface area contributed by atoms with E-state index >= 15 is 0 Å². The van der Waals surface area contributed by atoms with E-state index in [9.17, 15) is 19.7 Å². The third-order valence-corrected chi connectivity index (χ3v) is 3.05. The summed E-state index contributed by atoms with van der Waals surface area (Å²) in [6.45, 7) is -0.650. The quantitative estimate of drug-likeness (QED) is 0.307. The molecule has 0 bridgehead atoms. The Morgan fingerprint density at radius 3 is 2.18 bits per heavy atom. The van der Waals surface area contributed by atoms with Crippen LogP contribution in [-0.4, -0.2) is 49.7 Å². The number of nitrogens with zero attached hydrogens (tertiary/aromatic N) is 2. The van der Waals surface area contributed by atoms with E-state index < -0.39 is 35.2 Å². The maximum absolute atomic E-state index is 11.8. The second-order valence-electron chi connectivity index (χ2n) is 4.28. The van der Waals surface area contributed by atoms with Crippen molar-refractivity contribution >= 4 is 11.9 Å². The van der Waals surface area contributed by atoms with Crippen LogP contribution in [0.5, 0.6) is 5.88 Å². The van der Waals surface area contributed by atoms with Crippen LogP contribution < -0.4 is 4.74 Å². The lowest BCUT2D eigenvalue weighted by Crippen LogP contribution is -2.35. The average Bonchev–Trinajstić information content (AvgIpc) is 2.53. The number of esters is 2. The van der Waals surface area contributed by atoms with Crippen LogP contribution in [0.1, 0.15) is 11.5 Å².